The highest BCUT2D eigenvalue weighted by atomic mass is 79.9. The molecule has 0 aliphatic rings. The summed E-state index contributed by atoms with van der Waals surface area (Å²) in [5, 5.41) is 9.50. The van der Waals surface area contributed by atoms with E-state index in [-0.39, 0.29) is 10.0 Å². The van der Waals surface area contributed by atoms with Crippen molar-refractivity contribution in [1.29, 1.82) is 5.26 Å². The van der Waals surface area contributed by atoms with E-state index >= 15 is 0 Å². The summed E-state index contributed by atoms with van der Waals surface area (Å²) in [5.74, 6) is -4.31. The average molecular weight is 371 g/mol. The maximum Gasteiger partial charge on any atom is 0.190 e. The first-order valence-corrected chi connectivity index (χ1v) is 6.95. The number of nitrogens with zero attached hydrogens (tertiary/aromatic N) is 1. The lowest BCUT2D eigenvalue weighted by molar-refractivity contribution is 0.0970. The van der Waals surface area contributed by atoms with Crippen LogP contribution >= 0.6 is 27.5 Å². The van der Waals surface area contributed by atoms with E-state index in [0.717, 1.165) is 12.1 Å². The predicted octanol–water partition coefficient (Wildman–Crippen LogP) is 4.87. The van der Waals surface area contributed by atoms with Gasteiger partial charge in [-0.05, 0) is 29.8 Å². The van der Waals surface area contributed by atoms with Crippen LogP contribution in [0.25, 0.3) is 0 Å². The summed E-state index contributed by atoms with van der Waals surface area (Å²) in [5.41, 5.74) is -0.443. The zero-order chi connectivity index (χ0) is 15.6. The number of rotatable bonds is 3. The molecule has 0 heterocycles. The number of hydrogen-bond donors (Lipinski definition) is 0. The molecule has 2 rings (SSSR count). The molecular weight excluding hydrogens is 364 g/mol. The second-order valence-corrected chi connectivity index (χ2v) is 5.58. The van der Waals surface area contributed by atoms with Crippen molar-refractivity contribution in [2.75, 3.05) is 0 Å². The van der Waals surface area contributed by atoms with Crippen molar-refractivity contribution >= 4 is 33.3 Å². The Morgan fingerprint density at radius 2 is 1.86 bits per heavy atom. The summed E-state index contributed by atoms with van der Waals surface area (Å²) in [4.78, 5) is 12.3. The van der Waals surface area contributed by atoms with Crippen LogP contribution in [0.2, 0.25) is 5.02 Å². The maximum atomic E-state index is 13.8. The van der Waals surface area contributed by atoms with Gasteiger partial charge in [0.2, 0.25) is 0 Å². The molecule has 0 saturated heterocycles. The van der Waals surface area contributed by atoms with Gasteiger partial charge in [0.15, 0.2) is 5.78 Å². The molecule has 0 radical (unpaired) electrons. The molecule has 0 spiro atoms. The van der Waals surface area contributed by atoms with Gasteiger partial charge < -0.3 is 0 Å². The Balaban J connectivity index is 2.50. The van der Waals surface area contributed by atoms with Crippen molar-refractivity contribution in [3.63, 3.8) is 0 Å². The molecule has 0 aliphatic heterocycles. The van der Waals surface area contributed by atoms with E-state index in [9.17, 15) is 18.8 Å². The van der Waals surface area contributed by atoms with Crippen LogP contribution in [0.1, 0.15) is 21.8 Å². The Morgan fingerprint density at radius 1 is 1.24 bits per heavy atom. The van der Waals surface area contributed by atoms with Crippen LogP contribution in [-0.2, 0) is 0 Å². The summed E-state index contributed by atoms with van der Waals surface area (Å²) in [6, 6.07) is 9.77. The third-order valence-electron chi connectivity index (χ3n) is 2.83. The first-order chi connectivity index (χ1) is 9.93. The molecule has 2 aromatic rings. The molecule has 0 N–H and O–H groups in total. The maximum absolute atomic E-state index is 13.8. The van der Waals surface area contributed by atoms with Gasteiger partial charge in [-0.25, -0.2) is 8.78 Å². The number of carbonyl (C=O) groups is 1. The third kappa shape index (κ3) is 3.29. The largest absolute Gasteiger partial charge is 0.292 e. The van der Waals surface area contributed by atoms with Crippen molar-refractivity contribution < 1.29 is 13.6 Å². The molecule has 2 nitrogen and oxygen atoms in total. The monoisotopic (exact) mass is 369 g/mol. The van der Waals surface area contributed by atoms with E-state index in [4.69, 9.17) is 11.6 Å². The quantitative estimate of drug-likeness (QED) is 0.723. The minimum atomic E-state index is -1.33. The molecule has 0 bridgehead atoms. The molecule has 0 aliphatic carbocycles. The van der Waals surface area contributed by atoms with Crippen molar-refractivity contribution in [3.8, 4) is 6.07 Å². The molecule has 0 fully saturated rings. The van der Waals surface area contributed by atoms with Crippen LogP contribution in [0.3, 0.4) is 0 Å². The van der Waals surface area contributed by atoms with Crippen LogP contribution in [0.5, 0.6) is 0 Å². The highest BCUT2D eigenvalue weighted by Crippen LogP contribution is 2.27. The fourth-order valence-corrected chi connectivity index (χ4v) is 2.49. The third-order valence-corrected chi connectivity index (χ3v) is 3.52. The molecule has 21 heavy (non-hydrogen) atoms. The highest BCUT2D eigenvalue weighted by Gasteiger charge is 2.27. The Hall–Kier alpha value is -1.77. The lowest BCUT2D eigenvalue weighted by Gasteiger charge is -2.11. The second kappa shape index (κ2) is 6.33. The van der Waals surface area contributed by atoms with Gasteiger partial charge in [-0.1, -0.05) is 39.7 Å². The molecule has 2 aromatic carbocycles. The van der Waals surface area contributed by atoms with Crippen LogP contribution in [0, 0.1) is 23.0 Å². The molecule has 0 saturated carbocycles. The lowest BCUT2D eigenvalue weighted by atomic mass is 9.91. The molecule has 1 atom stereocenters. The summed E-state index contributed by atoms with van der Waals surface area (Å²) >= 11 is 8.74. The molecule has 6 heteroatoms. The Bertz CT molecular complexity index is 735. The fourth-order valence-electron chi connectivity index (χ4n) is 1.89. The SMILES string of the molecule is N#CC(C(=O)c1c(F)cc(Br)cc1F)c1cccc(Cl)c1. The zero-order valence-electron chi connectivity index (χ0n) is 10.4. The minimum absolute atomic E-state index is 0.172. The summed E-state index contributed by atoms with van der Waals surface area (Å²) in [6.45, 7) is 0. The van der Waals surface area contributed by atoms with Crippen LogP contribution < -0.4 is 0 Å². The van der Waals surface area contributed by atoms with Gasteiger partial charge in [0.25, 0.3) is 0 Å². The van der Waals surface area contributed by atoms with E-state index in [0.29, 0.717) is 5.02 Å². The first kappa shape index (κ1) is 15.6. The standard InChI is InChI=1S/C15H7BrClF2NO/c16-9-5-12(18)14(13(19)6-9)15(21)11(7-20)8-2-1-3-10(17)4-8/h1-6,11H. The van der Waals surface area contributed by atoms with Gasteiger partial charge in [-0.2, -0.15) is 5.26 Å². The van der Waals surface area contributed by atoms with E-state index in [2.05, 4.69) is 15.9 Å². The fraction of sp³-hybridized carbons (Fsp3) is 0.0667. The average Bonchev–Trinajstić information content (AvgIpc) is 2.38. The van der Waals surface area contributed by atoms with Crippen molar-refractivity contribution in [3.05, 3.63) is 68.7 Å². The molecule has 0 aromatic heterocycles. The second-order valence-electron chi connectivity index (χ2n) is 4.23. The van der Waals surface area contributed by atoms with Gasteiger partial charge in [0.1, 0.15) is 17.6 Å². The van der Waals surface area contributed by atoms with Gasteiger partial charge in [0.05, 0.1) is 11.6 Å². The van der Waals surface area contributed by atoms with Crippen molar-refractivity contribution in [2.45, 2.75) is 5.92 Å². The van der Waals surface area contributed by atoms with Crippen LogP contribution in [0.4, 0.5) is 8.78 Å². The van der Waals surface area contributed by atoms with E-state index in [1.807, 2.05) is 0 Å². The summed E-state index contributed by atoms with van der Waals surface area (Å²) < 4.78 is 27.8. The molecule has 106 valence electrons. The van der Waals surface area contributed by atoms with Gasteiger partial charge in [-0.15, -0.1) is 0 Å². The number of Topliss-reactive ketones (excluding diaryl/α,β-unsaturated/α-hetero) is 1. The van der Waals surface area contributed by atoms with Crippen LogP contribution in [-0.4, -0.2) is 5.78 Å². The summed E-state index contributed by atoms with van der Waals surface area (Å²) in [6.07, 6.45) is 0. The van der Waals surface area contributed by atoms with Gasteiger partial charge in [-0.3, -0.25) is 4.79 Å². The number of halogens is 4. The number of ketones is 1. The number of hydrogen-bond acceptors (Lipinski definition) is 2. The number of nitriles is 1. The number of benzene rings is 2. The Kier molecular flexibility index (Phi) is 4.71. The zero-order valence-corrected chi connectivity index (χ0v) is 12.8. The Morgan fingerprint density at radius 3 is 2.38 bits per heavy atom. The van der Waals surface area contributed by atoms with Gasteiger partial charge in [0, 0.05) is 9.50 Å². The van der Waals surface area contributed by atoms with Crippen molar-refractivity contribution in [2.24, 2.45) is 0 Å². The number of carbonyl (C=O) groups excluding carboxylic acids is 1. The molecular formula is C15H7BrClF2NO. The van der Waals surface area contributed by atoms with Crippen LogP contribution in [0.15, 0.2) is 40.9 Å². The van der Waals surface area contributed by atoms with E-state index in [1.54, 1.807) is 18.2 Å². The minimum Gasteiger partial charge on any atom is -0.292 e. The van der Waals surface area contributed by atoms with Gasteiger partial charge >= 0.3 is 0 Å². The molecule has 1 unspecified atom stereocenters. The van der Waals surface area contributed by atoms with Crippen molar-refractivity contribution in [1.82, 2.24) is 0 Å². The normalized spacial score (nSPS) is 11.8. The van der Waals surface area contributed by atoms with E-state index in [1.165, 1.54) is 12.1 Å². The predicted molar refractivity (Wildman–Crippen MR) is 78.2 cm³/mol. The van der Waals surface area contributed by atoms with E-state index < -0.39 is 28.9 Å². The first-order valence-electron chi connectivity index (χ1n) is 5.78. The Labute approximate surface area is 133 Å². The lowest BCUT2D eigenvalue weighted by Crippen LogP contribution is -2.15. The smallest absolute Gasteiger partial charge is 0.190 e. The highest BCUT2D eigenvalue weighted by molar-refractivity contribution is 9.10. The molecule has 0 amide bonds. The summed E-state index contributed by atoms with van der Waals surface area (Å²) in [7, 11) is 0. The topological polar surface area (TPSA) is 40.9 Å².